The number of rotatable bonds is 3. The molecule has 3 nitrogen and oxygen atoms in total. The summed E-state index contributed by atoms with van der Waals surface area (Å²) in [4.78, 5) is 11.0. The zero-order valence-corrected chi connectivity index (χ0v) is 10.1. The van der Waals surface area contributed by atoms with Crippen LogP contribution in [0.1, 0.15) is 10.5 Å². The molecule has 0 amide bonds. The van der Waals surface area contributed by atoms with Gasteiger partial charge in [-0.25, -0.2) is 13.6 Å². The first-order chi connectivity index (χ1) is 8.00. The minimum atomic E-state index is -2.60. The van der Waals surface area contributed by atoms with Gasteiger partial charge in [0.05, 0.1) is 12.1 Å². The fourth-order valence-corrected chi connectivity index (χ4v) is 2.38. The summed E-state index contributed by atoms with van der Waals surface area (Å²) in [5.74, 6) is -1.21. The van der Waals surface area contributed by atoms with E-state index in [1.165, 1.54) is 6.07 Å². The van der Waals surface area contributed by atoms with Gasteiger partial charge in [-0.3, -0.25) is 0 Å². The lowest BCUT2D eigenvalue weighted by molar-refractivity contribution is 0.0677. The van der Waals surface area contributed by atoms with E-state index in [9.17, 15) is 13.6 Å². The summed E-state index contributed by atoms with van der Waals surface area (Å²) < 4.78 is 26.7. The van der Waals surface area contributed by atoms with E-state index in [0.717, 1.165) is 4.57 Å². The van der Waals surface area contributed by atoms with Crippen LogP contribution >= 0.6 is 15.9 Å². The van der Waals surface area contributed by atoms with Crippen molar-refractivity contribution in [3.05, 3.63) is 34.4 Å². The fraction of sp³-hybridized carbons (Fsp3) is 0.182. The van der Waals surface area contributed by atoms with Crippen molar-refractivity contribution in [2.24, 2.45) is 0 Å². The molecule has 1 N–H and O–H groups in total. The van der Waals surface area contributed by atoms with Crippen molar-refractivity contribution in [3.8, 4) is 0 Å². The van der Waals surface area contributed by atoms with Crippen molar-refractivity contribution in [2.75, 3.05) is 0 Å². The minimum absolute atomic E-state index is 0.132. The number of aromatic carboxylic acids is 1. The van der Waals surface area contributed by atoms with Gasteiger partial charge in [-0.05, 0) is 28.1 Å². The molecule has 0 spiro atoms. The lowest BCUT2D eigenvalue weighted by atomic mass is 10.2. The topological polar surface area (TPSA) is 42.2 Å². The number of hydrogen-bond donors (Lipinski definition) is 1. The maximum Gasteiger partial charge on any atom is 0.352 e. The second-order valence-corrected chi connectivity index (χ2v) is 4.37. The molecule has 6 heteroatoms. The number of para-hydroxylation sites is 1. The Bertz CT molecular complexity index is 580. The molecule has 0 saturated heterocycles. The van der Waals surface area contributed by atoms with Crippen LogP contribution in [0.2, 0.25) is 0 Å². The van der Waals surface area contributed by atoms with Crippen LogP contribution in [0.5, 0.6) is 0 Å². The number of aromatic nitrogens is 1. The number of carboxylic acid groups (broad SMARTS) is 1. The summed E-state index contributed by atoms with van der Waals surface area (Å²) in [6.07, 6.45) is -2.60. The van der Waals surface area contributed by atoms with Crippen LogP contribution in [0.15, 0.2) is 28.7 Å². The molecular weight excluding hydrogens is 296 g/mol. The number of nitrogens with zero attached hydrogens (tertiary/aromatic N) is 1. The van der Waals surface area contributed by atoms with E-state index >= 15 is 0 Å². The van der Waals surface area contributed by atoms with E-state index in [0.29, 0.717) is 15.4 Å². The van der Waals surface area contributed by atoms with Crippen molar-refractivity contribution in [2.45, 2.75) is 13.0 Å². The van der Waals surface area contributed by atoms with Gasteiger partial charge in [0.1, 0.15) is 5.69 Å². The Hall–Kier alpha value is -1.43. The number of benzene rings is 1. The minimum Gasteiger partial charge on any atom is -0.477 e. The number of carbonyl (C=O) groups is 1. The predicted molar refractivity (Wildman–Crippen MR) is 62.6 cm³/mol. The van der Waals surface area contributed by atoms with Crippen LogP contribution in [-0.4, -0.2) is 22.1 Å². The van der Waals surface area contributed by atoms with Gasteiger partial charge in [0, 0.05) is 9.86 Å². The third kappa shape index (κ3) is 2.17. The highest BCUT2D eigenvalue weighted by atomic mass is 79.9. The average Bonchev–Trinajstić information content (AvgIpc) is 2.57. The summed E-state index contributed by atoms with van der Waals surface area (Å²) in [7, 11) is 0. The molecule has 0 saturated carbocycles. The fourth-order valence-electron chi connectivity index (χ4n) is 1.78. The summed E-state index contributed by atoms with van der Waals surface area (Å²) >= 11 is 3.24. The number of hydrogen-bond acceptors (Lipinski definition) is 1. The van der Waals surface area contributed by atoms with Gasteiger partial charge in [0.25, 0.3) is 6.43 Å². The SMILES string of the molecule is O=C(O)c1cc2cccc(Br)c2n1CC(F)F. The monoisotopic (exact) mass is 303 g/mol. The molecule has 0 radical (unpaired) electrons. The van der Waals surface area contributed by atoms with E-state index in [1.807, 2.05) is 0 Å². The third-order valence-corrected chi connectivity index (χ3v) is 3.05. The van der Waals surface area contributed by atoms with Crippen molar-refractivity contribution in [1.82, 2.24) is 4.57 Å². The molecule has 17 heavy (non-hydrogen) atoms. The van der Waals surface area contributed by atoms with Crippen molar-refractivity contribution in [3.63, 3.8) is 0 Å². The summed E-state index contributed by atoms with van der Waals surface area (Å²) in [6.45, 7) is -0.631. The molecule has 0 atom stereocenters. The summed E-state index contributed by atoms with van der Waals surface area (Å²) in [5, 5.41) is 9.61. The van der Waals surface area contributed by atoms with Crippen LogP contribution < -0.4 is 0 Å². The molecule has 0 aliphatic heterocycles. The van der Waals surface area contributed by atoms with E-state index in [-0.39, 0.29) is 5.69 Å². The Balaban J connectivity index is 2.73. The Kier molecular flexibility index (Phi) is 3.15. The van der Waals surface area contributed by atoms with Crippen LogP contribution in [0.3, 0.4) is 0 Å². The molecule has 90 valence electrons. The Morgan fingerprint density at radius 3 is 2.76 bits per heavy atom. The zero-order chi connectivity index (χ0) is 12.6. The highest BCUT2D eigenvalue weighted by molar-refractivity contribution is 9.10. The quantitative estimate of drug-likeness (QED) is 0.944. The second-order valence-electron chi connectivity index (χ2n) is 3.51. The van der Waals surface area contributed by atoms with E-state index in [4.69, 9.17) is 5.11 Å². The molecule has 0 aliphatic rings. The molecule has 0 fully saturated rings. The molecule has 0 bridgehead atoms. The van der Waals surface area contributed by atoms with Gasteiger partial charge in [-0.1, -0.05) is 12.1 Å². The van der Waals surface area contributed by atoms with Gasteiger partial charge in [0.2, 0.25) is 0 Å². The average molecular weight is 304 g/mol. The molecule has 2 aromatic rings. The maximum absolute atomic E-state index is 12.5. The molecule has 1 aromatic heterocycles. The number of halogens is 3. The first-order valence-electron chi connectivity index (χ1n) is 4.80. The normalized spacial score (nSPS) is 11.3. The Morgan fingerprint density at radius 2 is 2.18 bits per heavy atom. The van der Waals surface area contributed by atoms with Crippen molar-refractivity contribution >= 4 is 32.8 Å². The van der Waals surface area contributed by atoms with Crippen LogP contribution in [0, 0.1) is 0 Å². The molecular formula is C11H8BrF2NO2. The molecule has 1 heterocycles. The first kappa shape index (κ1) is 12.0. The standard InChI is InChI=1S/C11H8BrF2NO2/c12-7-3-1-2-6-4-8(11(16)17)15(10(6)7)5-9(13)14/h1-4,9H,5H2,(H,16,17). The van der Waals surface area contributed by atoms with E-state index < -0.39 is 18.9 Å². The van der Waals surface area contributed by atoms with Crippen molar-refractivity contribution in [1.29, 1.82) is 0 Å². The molecule has 0 aliphatic carbocycles. The molecule has 2 rings (SSSR count). The molecule has 0 unspecified atom stereocenters. The van der Waals surface area contributed by atoms with Gasteiger partial charge in [-0.2, -0.15) is 0 Å². The molecule has 1 aromatic carbocycles. The Morgan fingerprint density at radius 1 is 1.47 bits per heavy atom. The predicted octanol–water partition coefficient (Wildman–Crippen LogP) is 3.37. The van der Waals surface area contributed by atoms with Gasteiger partial charge < -0.3 is 9.67 Å². The number of alkyl halides is 2. The lowest BCUT2D eigenvalue weighted by Crippen LogP contribution is -2.13. The van der Waals surface area contributed by atoms with Crippen LogP contribution in [0.25, 0.3) is 10.9 Å². The number of fused-ring (bicyclic) bond motifs is 1. The Labute approximate surface area is 104 Å². The van der Waals surface area contributed by atoms with Gasteiger partial charge in [-0.15, -0.1) is 0 Å². The highest BCUT2D eigenvalue weighted by Gasteiger charge is 2.18. The second kappa shape index (κ2) is 4.44. The lowest BCUT2D eigenvalue weighted by Gasteiger charge is -2.08. The highest BCUT2D eigenvalue weighted by Crippen LogP contribution is 2.28. The smallest absolute Gasteiger partial charge is 0.352 e. The number of carboxylic acids is 1. The summed E-state index contributed by atoms with van der Waals surface area (Å²) in [5.41, 5.74) is 0.345. The van der Waals surface area contributed by atoms with Gasteiger partial charge in [0.15, 0.2) is 0 Å². The third-order valence-electron chi connectivity index (χ3n) is 2.41. The summed E-state index contributed by atoms with van der Waals surface area (Å²) in [6, 6.07) is 6.50. The first-order valence-corrected chi connectivity index (χ1v) is 5.59. The van der Waals surface area contributed by atoms with Gasteiger partial charge >= 0.3 is 5.97 Å². The van der Waals surface area contributed by atoms with Crippen molar-refractivity contribution < 1.29 is 18.7 Å². The maximum atomic E-state index is 12.5. The van der Waals surface area contributed by atoms with E-state index in [1.54, 1.807) is 18.2 Å². The zero-order valence-electron chi connectivity index (χ0n) is 8.53. The van der Waals surface area contributed by atoms with Crippen LogP contribution in [-0.2, 0) is 6.54 Å². The van der Waals surface area contributed by atoms with Crippen LogP contribution in [0.4, 0.5) is 8.78 Å². The van der Waals surface area contributed by atoms with E-state index in [2.05, 4.69) is 15.9 Å². The largest absolute Gasteiger partial charge is 0.477 e.